The fourth-order valence-corrected chi connectivity index (χ4v) is 5.74. The van der Waals surface area contributed by atoms with Crippen molar-refractivity contribution in [3.05, 3.63) is 64.3 Å². The zero-order chi connectivity index (χ0) is 23.6. The summed E-state index contributed by atoms with van der Waals surface area (Å²) in [5, 5.41) is 10.6. The van der Waals surface area contributed by atoms with Crippen molar-refractivity contribution in [2.45, 2.75) is 25.7 Å². The maximum atomic E-state index is 13.2. The van der Waals surface area contributed by atoms with Crippen molar-refractivity contribution in [2.24, 2.45) is 17.8 Å². The highest BCUT2D eigenvalue weighted by Crippen LogP contribution is 2.55. The van der Waals surface area contributed by atoms with Crippen LogP contribution in [0.1, 0.15) is 31.2 Å². The van der Waals surface area contributed by atoms with Crippen molar-refractivity contribution in [1.29, 1.82) is 0 Å². The molecule has 1 N–H and O–H groups in total. The Bertz CT molecular complexity index is 1250. The van der Waals surface area contributed by atoms with E-state index < -0.39 is 41.6 Å². The number of ketones is 2. The van der Waals surface area contributed by atoms with Crippen LogP contribution >= 0.6 is 0 Å². The number of Topliss-reactive ketones (excluding diaryl/α,β-unsaturated/α-hetero) is 1. The zero-order valence-electron chi connectivity index (χ0n) is 18.0. The molecule has 4 atom stereocenters. The fraction of sp³-hybridized carbons (Fsp3) is 0.320. The summed E-state index contributed by atoms with van der Waals surface area (Å²) in [4.78, 5) is 65.0. The highest BCUT2D eigenvalue weighted by atomic mass is 16.5. The molecule has 168 valence electrons. The molecule has 1 aromatic rings. The summed E-state index contributed by atoms with van der Waals surface area (Å²) in [6.45, 7) is 1.57. The lowest BCUT2D eigenvalue weighted by atomic mass is 9.59. The Labute approximate surface area is 189 Å². The van der Waals surface area contributed by atoms with E-state index >= 15 is 0 Å². The van der Waals surface area contributed by atoms with E-state index in [1.54, 1.807) is 25.1 Å². The quantitative estimate of drug-likeness (QED) is 0.399. The summed E-state index contributed by atoms with van der Waals surface area (Å²) in [5.74, 6) is -4.79. The van der Waals surface area contributed by atoms with Crippen LogP contribution in [-0.2, 0) is 23.9 Å². The minimum absolute atomic E-state index is 0.0328. The third kappa shape index (κ3) is 2.86. The number of methoxy groups -OCH3 is 1. The first-order chi connectivity index (χ1) is 15.8. The van der Waals surface area contributed by atoms with Crippen LogP contribution in [-0.4, -0.2) is 46.6 Å². The highest BCUT2D eigenvalue weighted by molar-refractivity contribution is 6.24. The van der Waals surface area contributed by atoms with Crippen LogP contribution in [0.5, 0.6) is 5.75 Å². The normalized spacial score (nSPS) is 28.7. The first-order valence-electron chi connectivity index (χ1n) is 10.7. The zero-order valence-corrected chi connectivity index (χ0v) is 18.0. The first-order valence-corrected chi connectivity index (χ1v) is 10.7. The molecule has 1 aromatic carbocycles. The van der Waals surface area contributed by atoms with Crippen LogP contribution in [0, 0.1) is 17.8 Å². The number of fused-ring (bicyclic) bond motifs is 3. The number of amides is 3. The van der Waals surface area contributed by atoms with Crippen molar-refractivity contribution in [3.63, 3.8) is 0 Å². The molecule has 8 nitrogen and oxygen atoms in total. The second-order valence-electron chi connectivity index (χ2n) is 8.77. The van der Waals surface area contributed by atoms with E-state index in [0.29, 0.717) is 32.8 Å². The number of aromatic hydroxyl groups is 1. The average molecular weight is 447 g/mol. The van der Waals surface area contributed by atoms with Gasteiger partial charge in [-0.3, -0.25) is 19.2 Å². The van der Waals surface area contributed by atoms with Gasteiger partial charge in [-0.2, -0.15) is 4.90 Å². The van der Waals surface area contributed by atoms with Gasteiger partial charge in [0.15, 0.2) is 11.6 Å². The molecule has 0 radical (unpaired) electrons. The van der Waals surface area contributed by atoms with Crippen LogP contribution in [0.25, 0.3) is 0 Å². The molecule has 4 aliphatic rings. The third-order valence-corrected chi connectivity index (χ3v) is 7.17. The molecule has 0 bridgehead atoms. The number of hydrogen-bond acceptors (Lipinski definition) is 7. The molecule has 1 fully saturated rings. The van der Waals surface area contributed by atoms with E-state index in [9.17, 15) is 29.1 Å². The summed E-state index contributed by atoms with van der Waals surface area (Å²) >= 11 is 0. The van der Waals surface area contributed by atoms with Gasteiger partial charge in [0.05, 0.1) is 18.9 Å². The smallest absolute Gasteiger partial charge is 0.423 e. The minimum atomic E-state index is -1.03. The second kappa shape index (κ2) is 7.37. The number of para-hydroxylation sites is 1. The van der Waals surface area contributed by atoms with E-state index in [0.717, 1.165) is 7.11 Å². The molecular weight excluding hydrogens is 426 g/mol. The Morgan fingerprint density at radius 2 is 1.82 bits per heavy atom. The van der Waals surface area contributed by atoms with E-state index in [1.807, 2.05) is 6.08 Å². The average Bonchev–Trinajstić information content (AvgIpc) is 3.06. The lowest BCUT2D eigenvalue weighted by Crippen LogP contribution is -2.40. The Kier molecular flexibility index (Phi) is 4.70. The number of rotatable bonds is 1. The summed E-state index contributed by atoms with van der Waals surface area (Å²) in [7, 11) is 1.10. The number of ether oxygens (including phenoxy) is 1. The van der Waals surface area contributed by atoms with Crippen molar-refractivity contribution in [1.82, 2.24) is 4.90 Å². The highest BCUT2D eigenvalue weighted by Gasteiger charge is 2.58. The third-order valence-electron chi connectivity index (χ3n) is 7.17. The molecule has 3 amide bonds. The number of likely N-dealkylation sites (tertiary alicyclic amines) is 1. The number of phenols is 1. The topological polar surface area (TPSA) is 118 Å². The molecule has 0 aromatic heterocycles. The summed E-state index contributed by atoms with van der Waals surface area (Å²) in [6, 6.07) is 6.58. The molecule has 1 saturated heterocycles. The Morgan fingerprint density at radius 3 is 2.52 bits per heavy atom. The van der Waals surface area contributed by atoms with Gasteiger partial charge in [0.2, 0.25) is 11.8 Å². The van der Waals surface area contributed by atoms with E-state index in [2.05, 4.69) is 4.74 Å². The van der Waals surface area contributed by atoms with Crippen molar-refractivity contribution >= 4 is 29.5 Å². The largest absolute Gasteiger partial charge is 0.508 e. The van der Waals surface area contributed by atoms with Crippen LogP contribution in [0.2, 0.25) is 0 Å². The molecule has 33 heavy (non-hydrogen) atoms. The molecule has 8 heteroatoms. The van der Waals surface area contributed by atoms with E-state index in [-0.39, 0.29) is 30.2 Å². The molecule has 0 saturated carbocycles. The molecule has 1 heterocycles. The van der Waals surface area contributed by atoms with Crippen LogP contribution in [0.15, 0.2) is 58.7 Å². The van der Waals surface area contributed by atoms with Gasteiger partial charge in [0.25, 0.3) is 0 Å². The molecule has 1 aliphatic heterocycles. The van der Waals surface area contributed by atoms with Crippen molar-refractivity contribution in [3.8, 4) is 5.75 Å². The molecule has 0 spiro atoms. The van der Waals surface area contributed by atoms with Crippen molar-refractivity contribution in [2.75, 3.05) is 7.11 Å². The number of phenolic OH excluding ortho intramolecular Hbond substituents is 1. The number of hydrogen-bond donors (Lipinski definition) is 1. The van der Waals surface area contributed by atoms with Gasteiger partial charge in [0.1, 0.15) is 5.75 Å². The van der Waals surface area contributed by atoms with Gasteiger partial charge in [-0.25, -0.2) is 4.79 Å². The van der Waals surface area contributed by atoms with E-state index in [4.69, 9.17) is 0 Å². The summed E-state index contributed by atoms with van der Waals surface area (Å²) in [6.07, 6.45) is 2.41. The number of nitrogens with zero attached hydrogens (tertiary/aromatic N) is 1. The van der Waals surface area contributed by atoms with E-state index in [1.165, 1.54) is 12.1 Å². The molecule has 3 aliphatic carbocycles. The van der Waals surface area contributed by atoms with Gasteiger partial charge < -0.3 is 9.84 Å². The summed E-state index contributed by atoms with van der Waals surface area (Å²) < 4.78 is 4.63. The monoisotopic (exact) mass is 447 g/mol. The molecular formula is C25H21NO7. The molecule has 5 rings (SSSR count). The maximum Gasteiger partial charge on any atom is 0.423 e. The van der Waals surface area contributed by atoms with Crippen LogP contribution in [0.3, 0.4) is 0 Å². The standard InChI is InChI=1S/C25H21NO7/c1-11-9-18(28)21-16(22(11)29)10-15-12(19(21)13-5-3-4-6-17(13)27)7-8-14-20(15)24(31)26(23(14)30)25(32)33-2/h3-7,9,14-15,19-20,27H,8,10H2,1-2H3/t14-,15+,19+,20-/m0/s1. The predicted molar refractivity (Wildman–Crippen MR) is 114 cm³/mol. The van der Waals surface area contributed by atoms with Gasteiger partial charge in [-0.1, -0.05) is 29.8 Å². The molecule has 0 unspecified atom stereocenters. The van der Waals surface area contributed by atoms with Gasteiger partial charge in [-0.15, -0.1) is 0 Å². The number of carbonyl (C=O) groups excluding carboxylic acids is 5. The second-order valence-corrected chi connectivity index (χ2v) is 8.77. The minimum Gasteiger partial charge on any atom is -0.508 e. The predicted octanol–water partition coefficient (Wildman–Crippen LogP) is 2.59. The van der Waals surface area contributed by atoms with Crippen LogP contribution < -0.4 is 0 Å². The lowest BCUT2D eigenvalue weighted by molar-refractivity contribution is -0.137. The van der Waals surface area contributed by atoms with Gasteiger partial charge in [0, 0.05) is 28.2 Å². The van der Waals surface area contributed by atoms with Gasteiger partial charge >= 0.3 is 6.09 Å². The van der Waals surface area contributed by atoms with Crippen molar-refractivity contribution < 1.29 is 33.8 Å². The van der Waals surface area contributed by atoms with Crippen LogP contribution in [0.4, 0.5) is 4.79 Å². The Morgan fingerprint density at radius 1 is 1.09 bits per heavy atom. The SMILES string of the molecule is COC(=O)N1C(=O)[C@H]2[C@H](CC=C3[C@H](c4ccccc4O)C4=C(C[C@H]32)C(=O)C(C)=CC4=O)C1=O. The van der Waals surface area contributed by atoms with Gasteiger partial charge in [-0.05, 0) is 37.8 Å². The summed E-state index contributed by atoms with van der Waals surface area (Å²) in [5.41, 5.74) is 2.07. The Balaban J connectivity index is 1.69. The number of benzene rings is 1. The number of allylic oxidation sites excluding steroid dienone is 6. The first kappa shape index (κ1) is 21.1. The fourth-order valence-electron chi connectivity index (χ4n) is 5.74. The number of carbonyl (C=O) groups is 5. The maximum absolute atomic E-state index is 13.2. The lowest BCUT2D eigenvalue weighted by Gasteiger charge is -2.42. The number of imide groups is 3. The Hall–Kier alpha value is -3.81.